The third kappa shape index (κ3) is 1.80. The second-order valence-electron chi connectivity index (χ2n) is 7.79. The van der Waals surface area contributed by atoms with Crippen LogP contribution in [0.4, 0.5) is 0 Å². The van der Waals surface area contributed by atoms with E-state index in [-0.39, 0.29) is 0 Å². The van der Waals surface area contributed by atoms with Gasteiger partial charge in [-0.1, -0.05) is 42.5 Å². The zero-order valence-corrected chi connectivity index (χ0v) is 15.9. The normalized spacial score (nSPS) is 12.3. The van der Waals surface area contributed by atoms with E-state index in [1.165, 1.54) is 49.0 Å². The molecule has 0 amide bonds. The first-order chi connectivity index (χ1) is 14.3. The van der Waals surface area contributed by atoms with Crippen molar-refractivity contribution in [3.8, 4) is 0 Å². The number of para-hydroxylation sites is 2. The van der Waals surface area contributed by atoms with Crippen LogP contribution in [0.5, 0.6) is 0 Å². The number of hydrogen-bond donors (Lipinski definition) is 0. The van der Waals surface area contributed by atoms with E-state index in [0.29, 0.717) is 0 Å². The van der Waals surface area contributed by atoms with Crippen molar-refractivity contribution in [3.63, 3.8) is 0 Å². The maximum atomic E-state index is 4.78. The summed E-state index contributed by atoms with van der Waals surface area (Å²) in [7, 11) is 2.16. The molecule has 29 heavy (non-hydrogen) atoms. The van der Waals surface area contributed by atoms with Crippen molar-refractivity contribution in [3.05, 3.63) is 85.1 Å². The summed E-state index contributed by atoms with van der Waals surface area (Å²) in [5, 5.41) is 6.26. The lowest BCUT2D eigenvalue weighted by atomic mass is 10.0. The lowest BCUT2D eigenvalue weighted by Crippen LogP contribution is -1.93. The predicted octanol–water partition coefficient (Wildman–Crippen LogP) is 6.44. The average Bonchev–Trinajstić information content (AvgIpc) is 3.30. The van der Waals surface area contributed by atoms with Gasteiger partial charge in [0.05, 0.1) is 27.6 Å². The summed E-state index contributed by atoms with van der Waals surface area (Å²) < 4.78 is 4.67. The largest absolute Gasteiger partial charge is 0.344 e. The quantitative estimate of drug-likeness (QED) is 0.281. The fraction of sp³-hybridized carbons (Fsp3) is 0.0385. The summed E-state index contributed by atoms with van der Waals surface area (Å²) in [4.78, 5) is 4.78. The van der Waals surface area contributed by atoms with Crippen LogP contribution in [0.1, 0.15) is 0 Å². The van der Waals surface area contributed by atoms with Crippen molar-refractivity contribution in [2.75, 3.05) is 0 Å². The maximum absolute atomic E-state index is 4.78. The molecule has 0 aliphatic carbocycles. The molecule has 4 aromatic heterocycles. The minimum absolute atomic E-state index is 1.05. The molecule has 0 radical (unpaired) electrons. The molecule has 0 fully saturated rings. The minimum Gasteiger partial charge on any atom is -0.344 e. The molecule has 3 aromatic carbocycles. The number of aromatic nitrogens is 3. The molecule has 0 N–H and O–H groups in total. The molecule has 7 rings (SSSR count). The molecule has 0 saturated carbocycles. The van der Waals surface area contributed by atoms with Crippen LogP contribution in [0.15, 0.2) is 85.1 Å². The fourth-order valence-corrected chi connectivity index (χ4v) is 5.01. The van der Waals surface area contributed by atoms with Gasteiger partial charge in [-0.25, -0.2) is 0 Å². The molecule has 4 heterocycles. The number of rotatable bonds is 0. The Morgan fingerprint density at radius 3 is 2.28 bits per heavy atom. The Morgan fingerprint density at radius 2 is 1.34 bits per heavy atom. The van der Waals surface area contributed by atoms with Crippen molar-refractivity contribution in [2.45, 2.75) is 0 Å². The average molecular weight is 371 g/mol. The molecular weight excluding hydrogens is 354 g/mol. The molecule has 3 heteroatoms. The van der Waals surface area contributed by atoms with Crippen molar-refractivity contribution in [2.24, 2.45) is 7.05 Å². The van der Waals surface area contributed by atoms with Crippen molar-refractivity contribution < 1.29 is 0 Å². The summed E-state index contributed by atoms with van der Waals surface area (Å²) >= 11 is 0. The lowest BCUT2D eigenvalue weighted by molar-refractivity contribution is 1.01. The highest BCUT2D eigenvalue weighted by Gasteiger charge is 2.16. The van der Waals surface area contributed by atoms with E-state index in [1.807, 2.05) is 12.3 Å². The summed E-state index contributed by atoms with van der Waals surface area (Å²) in [6.45, 7) is 0. The summed E-state index contributed by atoms with van der Waals surface area (Å²) in [5.74, 6) is 0. The lowest BCUT2D eigenvalue weighted by Gasteiger charge is -2.10. The Balaban J connectivity index is 1.86. The van der Waals surface area contributed by atoms with Gasteiger partial charge in [-0.3, -0.25) is 4.98 Å². The molecule has 0 atom stereocenters. The number of pyridine rings is 2. The monoisotopic (exact) mass is 371 g/mol. The van der Waals surface area contributed by atoms with E-state index in [0.717, 1.165) is 11.0 Å². The van der Waals surface area contributed by atoms with E-state index in [4.69, 9.17) is 4.98 Å². The maximum Gasteiger partial charge on any atom is 0.0949 e. The molecule has 3 nitrogen and oxygen atoms in total. The minimum atomic E-state index is 1.05. The Labute approximate surface area is 166 Å². The third-order valence-corrected chi connectivity index (χ3v) is 6.32. The molecule has 0 saturated heterocycles. The van der Waals surface area contributed by atoms with Crippen molar-refractivity contribution in [1.29, 1.82) is 0 Å². The number of hydrogen-bond acceptors (Lipinski definition) is 1. The van der Waals surface area contributed by atoms with Gasteiger partial charge in [-0.05, 0) is 36.4 Å². The van der Waals surface area contributed by atoms with Crippen LogP contribution in [-0.2, 0) is 7.05 Å². The van der Waals surface area contributed by atoms with Gasteiger partial charge in [0.2, 0.25) is 0 Å². The Morgan fingerprint density at radius 1 is 0.586 bits per heavy atom. The van der Waals surface area contributed by atoms with Gasteiger partial charge in [0.15, 0.2) is 0 Å². The Bertz CT molecular complexity index is 1770. The zero-order chi connectivity index (χ0) is 19.1. The number of fused-ring (bicyclic) bond motifs is 11. The molecule has 0 bridgehead atoms. The van der Waals surface area contributed by atoms with Gasteiger partial charge in [0.1, 0.15) is 0 Å². The zero-order valence-electron chi connectivity index (χ0n) is 15.9. The van der Waals surface area contributed by atoms with Crippen LogP contribution in [0.25, 0.3) is 60.0 Å². The van der Waals surface area contributed by atoms with Gasteiger partial charge in [-0.2, -0.15) is 0 Å². The fourth-order valence-electron chi connectivity index (χ4n) is 5.01. The van der Waals surface area contributed by atoms with Crippen LogP contribution < -0.4 is 0 Å². The summed E-state index contributed by atoms with van der Waals surface area (Å²) in [5.41, 5.74) is 7.16. The highest BCUT2D eigenvalue weighted by Crippen LogP contribution is 2.37. The molecule has 0 aliphatic rings. The number of benzene rings is 3. The molecule has 7 aromatic rings. The van der Waals surface area contributed by atoms with Crippen LogP contribution in [-0.4, -0.2) is 14.0 Å². The second kappa shape index (κ2) is 5.15. The first kappa shape index (κ1) is 15.1. The topological polar surface area (TPSA) is 22.2 Å². The molecule has 136 valence electrons. The summed E-state index contributed by atoms with van der Waals surface area (Å²) in [6.07, 6.45) is 1.89. The van der Waals surface area contributed by atoms with E-state index in [9.17, 15) is 0 Å². The van der Waals surface area contributed by atoms with Crippen LogP contribution >= 0.6 is 0 Å². The van der Waals surface area contributed by atoms with E-state index < -0.39 is 0 Å². The van der Waals surface area contributed by atoms with Crippen LogP contribution in [0.3, 0.4) is 0 Å². The van der Waals surface area contributed by atoms with Crippen LogP contribution in [0, 0.1) is 0 Å². The first-order valence-electron chi connectivity index (χ1n) is 9.89. The molecular formula is C26H17N3. The highest BCUT2D eigenvalue weighted by molar-refractivity contribution is 6.20. The van der Waals surface area contributed by atoms with Crippen molar-refractivity contribution >= 4 is 60.0 Å². The molecule has 0 spiro atoms. The van der Waals surface area contributed by atoms with Gasteiger partial charge < -0.3 is 8.97 Å². The number of nitrogens with zero attached hydrogens (tertiary/aromatic N) is 3. The van der Waals surface area contributed by atoms with Crippen molar-refractivity contribution in [1.82, 2.24) is 14.0 Å². The van der Waals surface area contributed by atoms with Crippen LogP contribution in [0.2, 0.25) is 0 Å². The third-order valence-electron chi connectivity index (χ3n) is 6.32. The molecule has 0 unspecified atom stereocenters. The standard InChI is InChI=1S/C26H17N3/c1-28-22-11-5-3-8-17(22)19-14-20-18-9-6-12-27-26(18)25-13-16-7-2-4-10-21(16)29(25)24(20)15-23(19)28/h2-15H,1H3. The number of aryl methyl sites for hydroxylation is 1. The predicted molar refractivity (Wildman–Crippen MR) is 122 cm³/mol. The molecule has 0 aliphatic heterocycles. The van der Waals surface area contributed by atoms with Gasteiger partial charge in [-0.15, -0.1) is 0 Å². The van der Waals surface area contributed by atoms with Gasteiger partial charge in [0, 0.05) is 45.7 Å². The smallest absolute Gasteiger partial charge is 0.0949 e. The Kier molecular flexibility index (Phi) is 2.68. The van der Waals surface area contributed by atoms with E-state index >= 15 is 0 Å². The first-order valence-corrected chi connectivity index (χ1v) is 9.89. The Hall–Kier alpha value is -3.85. The van der Waals surface area contributed by atoms with Gasteiger partial charge in [0.25, 0.3) is 0 Å². The van der Waals surface area contributed by atoms with E-state index in [1.54, 1.807) is 0 Å². The second-order valence-corrected chi connectivity index (χ2v) is 7.79. The highest BCUT2D eigenvalue weighted by atomic mass is 15.0. The van der Waals surface area contributed by atoms with E-state index in [2.05, 4.69) is 88.8 Å². The van der Waals surface area contributed by atoms with Gasteiger partial charge >= 0.3 is 0 Å². The summed E-state index contributed by atoms with van der Waals surface area (Å²) in [6, 6.07) is 28.4. The SMILES string of the molecule is Cn1c2ccccc2c2cc3c4cccnc4c4cc5ccccc5n4c3cc21.